The van der Waals surface area contributed by atoms with Gasteiger partial charge in [-0.25, -0.2) is 0 Å². The molecule has 0 unspecified atom stereocenters. The zero-order valence-corrected chi connectivity index (χ0v) is 11.9. The van der Waals surface area contributed by atoms with E-state index < -0.39 is 0 Å². The number of methoxy groups -OCH3 is 1. The fourth-order valence-electron chi connectivity index (χ4n) is 1.75. The van der Waals surface area contributed by atoms with Gasteiger partial charge in [0.2, 0.25) is 0 Å². The molecule has 0 amide bonds. The minimum absolute atomic E-state index is 0.715. The molecule has 0 atom stereocenters. The summed E-state index contributed by atoms with van der Waals surface area (Å²) < 4.78 is 6.22. The second kappa shape index (κ2) is 5.31. The summed E-state index contributed by atoms with van der Waals surface area (Å²) in [6, 6.07) is 11.7. The van der Waals surface area contributed by atoms with Gasteiger partial charge in [-0.2, -0.15) is 0 Å². The van der Waals surface area contributed by atoms with Gasteiger partial charge in [-0.3, -0.25) is 0 Å². The fourth-order valence-corrected chi connectivity index (χ4v) is 2.11. The van der Waals surface area contributed by atoms with Gasteiger partial charge in [-0.1, -0.05) is 15.9 Å². The van der Waals surface area contributed by atoms with Gasteiger partial charge in [0.05, 0.1) is 18.5 Å². The molecule has 2 aromatic rings. The number of anilines is 3. The number of aryl methyl sites for hydroxylation is 1. The first-order valence-electron chi connectivity index (χ1n) is 5.57. The van der Waals surface area contributed by atoms with Gasteiger partial charge in [0.1, 0.15) is 5.75 Å². The summed E-state index contributed by atoms with van der Waals surface area (Å²) in [5, 5.41) is 3.29. The van der Waals surface area contributed by atoms with E-state index in [4.69, 9.17) is 10.5 Å². The molecule has 2 rings (SSSR count). The van der Waals surface area contributed by atoms with E-state index in [1.165, 1.54) is 0 Å². The van der Waals surface area contributed by atoms with E-state index in [-0.39, 0.29) is 0 Å². The Morgan fingerprint density at radius 1 is 1.17 bits per heavy atom. The van der Waals surface area contributed by atoms with Crippen LogP contribution in [0.2, 0.25) is 0 Å². The quantitative estimate of drug-likeness (QED) is 0.840. The van der Waals surface area contributed by atoms with Crippen molar-refractivity contribution in [1.29, 1.82) is 0 Å². The van der Waals surface area contributed by atoms with E-state index in [1.54, 1.807) is 7.11 Å². The molecular formula is C14H15BrN2O. The largest absolute Gasteiger partial charge is 0.496 e. The SMILES string of the molecule is COc1ccc(Nc2cc(Br)ccc2N)cc1C. The van der Waals surface area contributed by atoms with Crippen LogP contribution in [-0.2, 0) is 0 Å². The molecule has 3 nitrogen and oxygen atoms in total. The summed E-state index contributed by atoms with van der Waals surface area (Å²) in [5.74, 6) is 0.878. The maximum absolute atomic E-state index is 5.92. The highest BCUT2D eigenvalue weighted by Gasteiger charge is 2.03. The number of nitrogens with two attached hydrogens (primary N) is 1. The van der Waals surface area contributed by atoms with Gasteiger partial charge >= 0.3 is 0 Å². The smallest absolute Gasteiger partial charge is 0.121 e. The first-order valence-corrected chi connectivity index (χ1v) is 6.36. The third-order valence-corrected chi connectivity index (χ3v) is 3.18. The Kier molecular flexibility index (Phi) is 3.77. The average molecular weight is 307 g/mol. The predicted octanol–water partition coefficient (Wildman–Crippen LogP) is 4.09. The van der Waals surface area contributed by atoms with Crippen LogP contribution in [0.5, 0.6) is 5.75 Å². The van der Waals surface area contributed by atoms with Gasteiger partial charge in [-0.05, 0) is 48.9 Å². The summed E-state index contributed by atoms with van der Waals surface area (Å²) in [5.41, 5.74) is 9.59. The molecule has 0 aliphatic carbocycles. The molecule has 0 aromatic heterocycles. The highest BCUT2D eigenvalue weighted by atomic mass is 79.9. The standard InChI is InChI=1S/C14H15BrN2O/c1-9-7-11(4-6-14(9)18-2)17-13-8-10(15)3-5-12(13)16/h3-8,17H,16H2,1-2H3. The number of hydrogen-bond acceptors (Lipinski definition) is 3. The highest BCUT2D eigenvalue weighted by molar-refractivity contribution is 9.10. The minimum atomic E-state index is 0.715. The number of nitrogen functional groups attached to an aromatic ring is 1. The molecule has 0 heterocycles. The molecule has 0 saturated heterocycles. The molecule has 18 heavy (non-hydrogen) atoms. The van der Waals surface area contributed by atoms with Crippen molar-refractivity contribution >= 4 is 33.0 Å². The van der Waals surface area contributed by atoms with Crippen LogP contribution in [0.3, 0.4) is 0 Å². The normalized spacial score (nSPS) is 10.2. The van der Waals surface area contributed by atoms with Crippen molar-refractivity contribution in [2.75, 3.05) is 18.2 Å². The van der Waals surface area contributed by atoms with Gasteiger partial charge < -0.3 is 15.8 Å². The van der Waals surface area contributed by atoms with Crippen LogP contribution in [0.25, 0.3) is 0 Å². The van der Waals surface area contributed by atoms with E-state index in [0.717, 1.165) is 27.2 Å². The second-order valence-corrected chi connectivity index (χ2v) is 4.96. The van der Waals surface area contributed by atoms with Crippen LogP contribution in [0.15, 0.2) is 40.9 Å². The zero-order chi connectivity index (χ0) is 13.1. The average Bonchev–Trinajstić information content (AvgIpc) is 2.34. The first-order chi connectivity index (χ1) is 8.60. The Morgan fingerprint density at radius 3 is 2.61 bits per heavy atom. The molecule has 0 spiro atoms. The summed E-state index contributed by atoms with van der Waals surface area (Å²) in [4.78, 5) is 0. The first kappa shape index (κ1) is 12.8. The topological polar surface area (TPSA) is 47.3 Å². The van der Waals surface area contributed by atoms with Gasteiger partial charge in [0.25, 0.3) is 0 Å². The van der Waals surface area contributed by atoms with Crippen LogP contribution >= 0.6 is 15.9 Å². The van der Waals surface area contributed by atoms with E-state index in [1.807, 2.05) is 43.3 Å². The van der Waals surface area contributed by atoms with Crippen LogP contribution in [0.1, 0.15) is 5.56 Å². The van der Waals surface area contributed by atoms with Gasteiger partial charge in [0, 0.05) is 10.2 Å². The monoisotopic (exact) mass is 306 g/mol. The molecule has 0 saturated carbocycles. The van der Waals surface area contributed by atoms with Crippen molar-refractivity contribution < 1.29 is 4.74 Å². The van der Waals surface area contributed by atoms with Crippen molar-refractivity contribution in [1.82, 2.24) is 0 Å². The summed E-state index contributed by atoms with van der Waals surface area (Å²) in [7, 11) is 1.67. The van der Waals surface area contributed by atoms with Crippen LogP contribution < -0.4 is 15.8 Å². The lowest BCUT2D eigenvalue weighted by atomic mass is 10.2. The van der Waals surface area contributed by atoms with E-state index in [2.05, 4.69) is 21.2 Å². The molecular weight excluding hydrogens is 292 g/mol. The highest BCUT2D eigenvalue weighted by Crippen LogP contribution is 2.28. The second-order valence-electron chi connectivity index (χ2n) is 4.04. The van der Waals surface area contributed by atoms with Crippen molar-refractivity contribution in [3.63, 3.8) is 0 Å². The number of hydrogen-bond donors (Lipinski definition) is 2. The minimum Gasteiger partial charge on any atom is -0.496 e. The van der Waals surface area contributed by atoms with Crippen LogP contribution in [0, 0.1) is 6.92 Å². The molecule has 0 bridgehead atoms. The summed E-state index contributed by atoms with van der Waals surface area (Å²) in [6.07, 6.45) is 0. The molecule has 0 radical (unpaired) electrons. The van der Waals surface area contributed by atoms with E-state index in [9.17, 15) is 0 Å². The lowest BCUT2D eigenvalue weighted by molar-refractivity contribution is 0.412. The number of ether oxygens (including phenoxy) is 1. The third kappa shape index (κ3) is 2.76. The van der Waals surface area contributed by atoms with Crippen molar-refractivity contribution in [2.24, 2.45) is 0 Å². The Morgan fingerprint density at radius 2 is 1.94 bits per heavy atom. The van der Waals surface area contributed by atoms with Gasteiger partial charge in [0.15, 0.2) is 0 Å². The predicted molar refractivity (Wildman–Crippen MR) is 79.6 cm³/mol. The van der Waals surface area contributed by atoms with Crippen LogP contribution in [-0.4, -0.2) is 7.11 Å². The Bertz CT molecular complexity index is 570. The number of nitrogens with one attached hydrogen (secondary N) is 1. The van der Waals surface area contributed by atoms with E-state index >= 15 is 0 Å². The van der Waals surface area contributed by atoms with Gasteiger partial charge in [-0.15, -0.1) is 0 Å². The lowest BCUT2D eigenvalue weighted by Gasteiger charge is -2.12. The van der Waals surface area contributed by atoms with Crippen LogP contribution in [0.4, 0.5) is 17.1 Å². The Balaban J connectivity index is 2.28. The third-order valence-electron chi connectivity index (χ3n) is 2.69. The number of rotatable bonds is 3. The number of benzene rings is 2. The Labute approximate surface area is 115 Å². The molecule has 3 N–H and O–H groups in total. The summed E-state index contributed by atoms with van der Waals surface area (Å²) in [6.45, 7) is 2.01. The van der Waals surface area contributed by atoms with Crippen molar-refractivity contribution in [3.05, 3.63) is 46.4 Å². The zero-order valence-electron chi connectivity index (χ0n) is 10.3. The fraction of sp³-hybridized carbons (Fsp3) is 0.143. The lowest BCUT2D eigenvalue weighted by Crippen LogP contribution is -1.97. The van der Waals surface area contributed by atoms with Crippen molar-refractivity contribution in [2.45, 2.75) is 6.92 Å². The molecule has 2 aromatic carbocycles. The number of halogens is 1. The van der Waals surface area contributed by atoms with E-state index in [0.29, 0.717) is 5.69 Å². The molecule has 4 heteroatoms. The molecule has 94 valence electrons. The Hall–Kier alpha value is -1.68. The maximum atomic E-state index is 5.92. The summed E-state index contributed by atoms with van der Waals surface area (Å²) >= 11 is 3.43. The maximum Gasteiger partial charge on any atom is 0.121 e. The molecule has 0 aliphatic heterocycles. The molecule has 0 aliphatic rings. The van der Waals surface area contributed by atoms with Crippen molar-refractivity contribution in [3.8, 4) is 5.75 Å². The molecule has 0 fully saturated rings.